The van der Waals surface area contributed by atoms with Gasteiger partial charge >= 0.3 is 0 Å². The van der Waals surface area contributed by atoms with E-state index in [9.17, 15) is 4.79 Å². The molecule has 0 aromatic heterocycles. The molecule has 0 N–H and O–H groups in total. The van der Waals surface area contributed by atoms with Crippen molar-refractivity contribution in [1.82, 2.24) is 0 Å². The number of carbonyl (C=O) groups is 1. The molecule has 0 aliphatic carbocycles. The quantitative estimate of drug-likeness (QED) is 0.669. The molecular formula is C13H18O2. The van der Waals surface area contributed by atoms with Gasteiger partial charge in [0, 0.05) is 6.42 Å². The van der Waals surface area contributed by atoms with Crippen LogP contribution >= 0.6 is 0 Å². The highest BCUT2D eigenvalue weighted by Crippen LogP contribution is 2.14. The Labute approximate surface area is 91.3 Å². The van der Waals surface area contributed by atoms with Crippen LogP contribution in [0.5, 0.6) is 5.75 Å². The summed E-state index contributed by atoms with van der Waals surface area (Å²) in [5.74, 6) is 1.18. The van der Waals surface area contributed by atoms with Gasteiger partial charge in [0.2, 0.25) is 0 Å². The summed E-state index contributed by atoms with van der Waals surface area (Å²) in [7, 11) is 1.68. The third-order valence-corrected chi connectivity index (χ3v) is 2.38. The fraction of sp³-hybridized carbons (Fsp3) is 0.462. The Bertz CT molecular complexity index is 318. The van der Waals surface area contributed by atoms with Crippen molar-refractivity contribution in [3.8, 4) is 5.75 Å². The molecule has 1 rings (SSSR count). The summed E-state index contributed by atoms with van der Waals surface area (Å²) >= 11 is 0. The first-order valence-electron chi connectivity index (χ1n) is 5.34. The highest BCUT2D eigenvalue weighted by Gasteiger charge is 1.97. The maximum absolute atomic E-state index is 10.7. The third-order valence-electron chi connectivity index (χ3n) is 2.38. The second-order valence-corrected chi connectivity index (χ2v) is 3.76. The average Bonchev–Trinajstić information content (AvgIpc) is 2.24. The number of benzene rings is 1. The summed E-state index contributed by atoms with van der Waals surface area (Å²) in [6.45, 7) is 1.64. The molecule has 0 spiro atoms. The number of hydrogen-bond donors (Lipinski definition) is 0. The van der Waals surface area contributed by atoms with Crippen molar-refractivity contribution in [2.75, 3.05) is 7.11 Å². The zero-order chi connectivity index (χ0) is 11.1. The Hall–Kier alpha value is -1.31. The molecule has 0 bridgehead atoms. The molecule has 2 nitrogen and oxygen atoms in total. The summed E-state index contributed by atoms with van der Waals surface area (Å²) in [6.07, 6.45) is 3.76. The Morgan fingerprint density at radius 2 is 2.13 bits per heavy atom. The standard InChI is InChI=1S/C13H18O2/c1-11(14)6-3-4-7-12-8-5-9-13(10-12)15-2/h5,8-10H,3-4,6-7H2,1-2H3. The van der Waals surface area contributed by atoms with Gasteiger partial charge in [0.05, 0.1) is 7.11 Å². The van der Waals surface area contributed by atoms with Crippen LogP contribution in [0.4, 0.5) is 0 Å². The first-order valence-corrected chi connectivity index (χ1v) is 5.34. The van der Waals surface area contributed by atoms with Crippen molar-refractivity contribution >= 4 is 5.78 Å². The number of rotatable bonds is 6. The van der Waals surface area contributed by atoms with Crippen LogP contribution in [0, 0.1) is 0 Å². The highest BCUT2D eigenvalue weighted by molar-refractivity contribution is 5.75. The Morgan fingerprint density at radius 3 is 2.80 bits per heavy atom. The molecule has 0 aliphatic rings. The molecule has 0 radical (unpaired) electrons. The molecule has 15 heavy (non-hydrogen) atoms. The minimum atomic E-state index is 0.278. The van der Waals surface area contributed by atoms with Crippen molar-refractivity contribution in [1.29, 1.82) is 0 Å². The van der Waals surface area contributed by atoms with E-state index in [1.165, 1.54) is 5.56 Å². The van der Waals surface area contributed by atoms with E-state index in [0.29, 0.717) is 6.42 Å². The molecule has 0 heterocycles. The van der Waals surface area contributed by atoms with Crippen molar-refractivity contribution in [3.05, 3.63) is 29.8 Å². The molecule has 0 aliphatic heterocycles. The second-order valence-electron chi connectivity index (χ2n) is 3.76. The maximum Gasteiger partial charge on any atom is 0.129 e. The predicted molar refractivity (Wildman–Crippen MR) is 61.2 cm³/mol. The fourth-order valence-corrected chi connectivity index (χ4v) is 1.53. The predicted octanol–water partition coefficient (Wildman–Crippen LogP) is 3.00. The van der Waals surface area contributed by atoms with E-state index in [4.69, 9.17) is 4.74 Å². The van der Waals surface area contributed by atoms with Crippen LogP contribution in [0.25, 0.3) is 0 Å². The van der Waals surface area contributed by atoms with E-state index in [0.717, 1.165) is 25.0 Å². The van der Waals surface area contributed by atoms with Gasteiger partial charge in [-0.05, 0) is 43.9 Å². The highest BCUT2D eigenvalue weighted by atomic mass is 16.5. The molecule has 1 aromatic rings. The van der Waals surface area contributed by atoms with Gasteiger partial charge in [0.1, 0.15) is 11.5 Å². The lowest BCUT2D eigenvalue weighted by molar-refractivity contribution is -0.117. The average molecular weight is 206 g/mol. The number of unbranched alkanes of at least 4 members (excludes halogenated alkanes) is 1. The van der Waals surface area contributed by atoms with E-state index in [2.05, 4.69) is 6.07 Å². The van der Waals surface area contributed by atoms with Crippen LogP contribution < -0.4 is 4.74 Å². The number of hydrogen-bond acceptors (Lipinski definition) is 2. The van der Waals surface area contributed by atoms with E-state index in [-0.39, 0.29) is 5.78 Å². The van der Waals surface area contributed by atoms with Gasteiger partial charge in [-0.25, -0.2) is 0 Å². The number of methoxy groups -OCH3 is 1. The summed E-state index contributed by atoms with van der Waals surface area (Å²) in [5.41, 5.74) is 1.28. The third kappa shape index (κ3) is 4.63. The Morgan fingerprint density at radius 1 is 1.33 bits per heavy atom. The molecule has 0 saturated heterocycles. The van der Waals surface area contributed by atoms with Crippen molar-refractivity contribution in [3.63, 3.8) is 0 Å². The van der Waals surface area contributed by atoms with Crippen LogP contribution in [0.3, 0.4) is 0 Å². The molecule has 2 heteroatoms. The summed E-state index contributed by atoms with van der Waals surface area (Å²) in [4.78, 5) is 10.7. The molecular weight excluding hydrogens is 188 g/mol. The number of ketones is 1. The van der Waals surface area contributed by atoms with Crippen LogP contribution in [0.15, 0.2) is 24.3 Å². The van der Waals surface area contributed by atoms with Gasteiger partial charge in [0.15, 0.2) is 0 Å². The minimum Gasteiger partial charge on any atom is -0.497 e. The van der Waals surface area contributed by atoms with Gasteiger partial charge in [-0.2, -0.15) is 0 Å². The lowest BCUT2D eigenvalue weighted by Crippen LogP contribution is -1.92. The summed E-state index contributed by atoms with van der Waals surface area (Å²) < 4.78 is 5.15. The molecule has 1 aromatic carbocycles. The van der Waals surface area contributed by atoms with Gasteiger partial charge in [-0.3, -0.25) is 0 Å². The van der Waals surface area contributed by atoms with Gasteiger partial charge in [-0.15, -0.1) is 0 Å². The minimum absolute atomic E-state index is 0.278. The number of ether oxygens (including phenoxy) is 1. The first kappa shape index (κ1) is 11.8. The van der Waals surface area contributed by atoms with Crippen LogP contribution in [-0.4, -0.2) is 12.9 Å². The SMILES string of the molecule is COc1cccc(CCCCC(C)=O)c1. The van der Waals surface area contributed by atoms with Crippen molar-refractivity contribution < 1.29 is 9.53 Å². The van der Waals surface area contributed by atoms with Gasteiger partial charge < -0.3 is 9.53 Å². The summed E-state index contributed by atoms with van der Waals surface area (Å²) in [5, 5.41) is 0. The van der Waals surface area contributed by atoms with Crippen LogP contribution in [0.2, 0.25) is 0 Å². The largest absolute Gasteiger partial charge is 0.497 e. The maximum atomic E-state index is 10.7. The zero-order valence-electron chi connectivity index (χ0n) is 9.45. The molecule has 0 fully saturated rings. The summed E-state index contributed by atoms with van der Waals surface area (Å²) in [6, 6.07) is 8.09. The monoisotopic (exact) mass is 206 g/mol. The first-order chi connectivity index (χ1) is 7.22. The fourth-order valence-electron chi connectivity index (χ4n) is 1.53. The van der Waals surface area contributed by atoms with Gasteiger partial charge in [0.25, 0.3) is 0 Å². The van der Waals surface area contributed by atoms with E-state index in [1.54, 1.807) is 14.0 Å². The lowest BCUT2D eigenvalue weighted by atomic mass is 10.1. The number of carbonyl (C=O) groups excluding carboxylic acids is 1. The van der Waals surface area contributed by atoms with Gasteiger partial charge in [-0.1, -0.05) is 12.1 Å². The van der Waals surface area contributed by atoms with E-state index >= 15 is 0 Å². The van der Waals surface area contributed by atoms with Crippen LogP contribution in [-0.2, 0) is 11.2 Å². The van der Waals surface area contributed by atoms with Crippen LogP contribution in [0.1, 0.15) is 31.7 Å². The lowest BCUT2D eigenvalue weighted by Gasteiger charge is -2.03. The topological polar surface area (TPSA) is 26.3 Å². The smallest absolute Gasteiger partial charge is 0.129 e. The molecule has 0 amide bonds. The normalized spacial score (nSPS) is 10.0. The molecule has 0 saturated carbocycles. The van der Waals surface area contributed by atoms with E-state index in [1.807, 2.05) is 18.2 Å². The second kappa shape index (κ2) is 6.23. The van der Waals surface area contributed by atoms with Crippen molar-refractivity contribution in [2.24, 2.45) is 0 Å². The Kier molecular flexibility index (Phi) is 4.88. The zero-order valence-corrected chi connectivity index (χ0v) is 9.45. The number of aryl methyl sites for hydroxylation is 1. The Balaban J connectivity index is 2.33. The number of Topliss-reactive ketones (excluding diaryl/α,β-unsaturated/α-hetero) is 1. The molecule has 0 unspecified atom stereocenters. The van der Waals surface area contributed by atoms with E-state index < -0.39 is 0 Å². The molecule has 0 atom stereocenters. The molecule has 82 valence electrons. The van der Waals surface area contributed by atoms with Crippen molar-refractivity contribution in [2.45, 2.75) is 32.6 Å².